The van der Waals surface area contributed by atoms with Crippen LogP contribution in [-0.2, 0) is 17.3 Å². The molecule has 1 nitrogen and oxygen atoms in total. The molecule has 2 aliphatic carbocycles. The van der Waals surface area contributed by atoms with E-state index in [1.807, 2.05) is 6.92 Å². The molecular weight excluding hydrogens is 502 g/mol. The molecule has 4 rings (SSSR count). The zero-order valence-corrected chi connectivity index (χ0v) is 21.8. The number of allylic oxidation sites excluding steroid dienone is 1. The second-order valence-corrected chi connectivity index (χ2v) is 11.1. The summed E-state index contributed by atoms with van der Waals surface area (Å²) in [4.78, 5) is 0. The van der Waals surface area contributed by atoms with E-state index in [2.05, 4.69) is 36.4 Å². The van der Waals surface area contributed by atoms with Gasteiger partial charge in [0.25, 0.3) is 0 Å². The van der Waals surface area contributed by atoms with Crippen LogP contribution in [0.15, 0.2) is 48.5 Å². The van der Waals surface area contributed by atoms with Crippen molar-refractivity contribution in [2.24, 2.45) is 17.8 Å². The van der Waals surface area contributed by atoms with E-state index in [0.29, 0.717) is 50.0 Å². The molecular formula is C31H36F6O. The standard InChI is InChI=1S/C31H36F6O/c1-21-2-4-22(5-3-21)6-7-23-10-15-26(16-11-23)31(36,37)38-27-17-12-24(13-18-27)8-9-25-14-19-28(29(32)20-25)30(33,34)35/h2-7,14,19-20,23-24,26-27H,8-13,15-18H2,1H3/b7-6+. The first-order valence-corrected chi connectivity index (χ1v) is 13.7. The molecule has 0 heterocycles. The van der Waals surface area contributed by atoms with Crippen LogP contribution in [-0.4, -0.2) is 12.2 Å². The van der Waals surface area contributed by atoms with E-state index >= 15 is 0 Å². The highest BCUT2D eigenvalue weighted by Crippen LogP contribution is 2.42. The van der Waals surface area contributed by atoms with Crippen LogP contribution in [0.5, 0.6) is 0 Å². The van der Waals surface area contributed by atoms with Gasteiger partial charge in [-0.25, -0.2) is 4.39 Å². The summed E-state index contributed by atoms with van der Waals surface area (Å²) < 4.78 is 87.3. The quantitative estimate of drug-likeness (QED) is 0.304. The van der Waals surface area contributed by atoms with E-state index in [4.69, 9.17) is 4.74 Å². The minimum Gasteiger partial charge on any atom is -0.317 e. The molecule has 2 aromatic carbocycles. The summed E-state index contributed by atoms with van der Waals surface area (Å²) in [6, 6.07) is 11.3. The van der Waals surface area contributed by atoms with E-state index in [9.17, 15) is 26.3 Å². The molecule has 0 radical (unpaired) electrons. The van der Waals surface area contributed by atoms with Crippen molar-refractivity contribution in [3.8, 4) is 0 Å². The fourth-order valence-electron chi connectivity index (χ4n) is 5.74. The molecule has 0 N–H and O–H groups in total. The van der Waals surface area contributed by atoms with Crippen molar-refractivity contribution in [3.63, 3.8) is 0 Å². The molecule has 2 aliphatic rings. The summed E-state index contributed by atoms with van der Waals surface area (Å²) in [6.07, 6.45) is 1.89. The predicted molar refractivity (Wildman–Crippen MR) is 137 cm³/mol. The van der Waals surface area contributed by atoms with Crippen molar-refractivity contribution in [3.05, 3.63) is 76.6 Å². The van der Waals surface area contributed by atoms with Crippen LogP contribution in [0.25, 0.3) is 6.08 Å². The Balaban J connectivity index is 1.18. The van der Waals surface area contributed by atoms with Gasteiger partial charge in [0.05, 0.1) is 17.6 Å². The molecule has 0 aliphatic heterocycles. The maximum atomic E-state index is 15.0. The molecule has 0 bridgehead atoms. The normalized spacial score (nSPS) is 25.1. The van der Waals surface area contributed by atoms with E-state index in [1.165, 1.54) is 11.6 Å². The number of hydrogen-bond donors (Lipinski definition) is 0. The zero-order valence-electron chi connectivity index (χ0n) is 21.8. The van der Waals surface area contributed by atoms with E-state index < -0.39 is 35.7 Å². The maximum Gasteiger partial charge on any atom is 0.419 e. The van der Waals surface area contributed by atoms with Crippen molar-refractivity contribution in [1.29, 1.82) is 0 Å². The highest BCUT2D eigenvalue weighted by Gasteiger charge is 2.44. The molecule has 208 valence electrons. The van der Waals surface area contributed by atoms with Gasteiger partial charge < -0.3 is 4.74 Å². The summed E-state index contributed by atoms with van der Waals surface area (Å²) in [7, 11) is 0. The van der Waals surface area contributed by atoms with Gasteiger partial charge in [-0.05, 0) is 106 Å². The number of hydrogen-bond acceptors (Lipinski definition) is 1. The molecule has 7 heteroatoms. The number of aryl methyl sites for hydroxylation is 2. The monoisotopic (exact) mass is 538 g/mol. The van der Waals surface area contributed by atoms with Crippen molar-refractivity contribution < 1.29 is 31.1 Å². The lowest BCUT2D eigenvalue weighted by molar-refractivity contribution is -0.301. The number of benzene rings is 2. The van der Waals surface area contributed by atoms with Gasteiger partial charge in [-0.1, -0.05) is 48.0 Å². The lowest BCUT2D eigenvalue weighted by Gasteiger charge is -2.36. The minimum atomic E-state index is -4.71. The van der Waals surface area contributed by atoms with Crippen LogP contribution in [0, 0.1) is 30.5 Å². The second kappa shape index (κ2) is 12.3. The molecule has 38 heavy (non-hydrogen) atoms. The summed E-state index contributed by atoms with van der Waals surface area (Å²) in [5.74, 6) is -1.45. The van der Waals surface area contributed by atoms with Gasteiger partial charge >= 0.3 is 12.3 Å². The number of halogens is 6. The molecule has 2 saturated carbocycles. The van der Waals surface area contributed by atoms with Crippen molar-refractivity contribution in [2.45, 2.75) is 89.5 Å². The van der Waals surface area contributed by atoms with Gasteiger partial charge in [-0.3, -0.25) is 0 Å². The van der Waals surface area contributed by atoms with Crippen LogP contribution in [0.1, 0.15) is 80.0 Å². The Morgan fingerprint density at radius 1 is 0.842 bits per heavy atom. The van der Waals surface area contributed by atoms with Gasteiger partial charge in [-0.2, -0.15) is 22.0 Å². The largest absolute Gasteiger partial charge is 0.419 e. The van der Waals surface area contributed by atoms with E-state index in [1.54, 1.807) is 0 Å². The van der Waals surface area contributed by atoms with Crippen LogP contribution in [0.3, 0.4) is 0 Å². The average molecular weight is 539 g/mol. The van der Waals surface area contributed by atoms with Crippen molar-refractivity contribution in [2.75, 3.05) is 0 Å². The van der Waals surface area contributed by atoms with Crippen molar-refractivity contribution in [1.82, 2.24) is 0 Å². The third-order valence-corrected chi connectivity index (χ3v) is 8.18. The molecule has 0 unspecified atom stereocenters. The van der Waals surface area contributed by atoms with Crippen LogP contribution >= 0.6 is 0 Å². The Bertz CT molecular complexity index is 1060. The molecule has 2 fully saturated rings. The van der Waals surface area contributed by atoms with Crippen LogP contribution in [0.2, 0.25) is 0 Å². The SMILES string of the molecule is Cc1ccc(/C=C/C2CCC(C(F)(F)OC3CCC(CCc4ccc(C(F)(F)F)c(F)c4)CC3)CC2)cc1. The molecule has 2 aromatic rings. The minimum absolute atomic E-state index is 0.268. The Morgan fingerprint density at radius 2 is 1.50 bits per heavy atom. The molecule has 0 aromatic heterocycles. The number of ether oxygens (including phenoxy) is 1. The summed E-state index contributed by atoms with van der Waals surface area (Å²) in [5.41, 5.74) is 1.58. The Hall–Kier alpha value is -2.28. The maximum absolute atomic E-state index is 15.0. The van der Waals surface area contributed by atoms with E-state index in [-0.39, 0.29) is 5.92 Å². The Labute approximate surface area is 221 Å². The lowest BCUT2D eigenvalue weighted by atomic mass is 9.80. The summed E-state index contributed by atoms with van der Waals surface area (Å²) in [6.45, 7) is 2.04. The molecule has 0 atom stereocenters. The molecule has 0 spiro atoms. The third kappa shape index (κ3) is 7.87. The van der Waals surface area contributed by atoms with Gasteiger partial charge in [0, 0.05) is 0 Å². The predicted octanol–water partition coefficient (Wildman–Crippen LogP) is 9.77. The van der Waals surface area contributed by atoms with Gasteiger partial charge in [0.1, 0.15) is 5.82 Å². The average Bonchev–Trinajstić information content (AvgIpc) is 2.87. The second-order valence-electron chi connectivity index (χ2n) is 11.1. The number of alkyl halides is 5. The first-order valence-electron chi connectivity index (χ1n) is 13.7. The van der Waals surface area contributed by atoms with Crippen molar-refractivity contribution >= 4 is 6.08 Å². The summed E-state index contributed by atoms with van der Waals surface area (Å²) in [5, 5.41) is 0. The van der Waals surface area contributed by atoms with Crippen LogP contribution in [0.4, 0.5) is 26.3 Å². The van der Waals surface area contributed by atoms with Gasteiger partial charge in [0.15, 0.2) is 0 Å². The highest BCUT2D eigenvalue weighted by molar-refractivity contribution is 5.49. The fraction of sp³-hybridized carbons (Fsp3) is 0.548. The fourth-order valence-corrected chi connectivity index (χ4v) is 5.74. The lowest BCUT2D eigenvalue weighted by Crippen LogP contribution is -2.39. The van der Waals surface area contributed by atoms with E-state index in [0.717, 1.165) is 43.4 Å². The highest BCUT2D eigenvalue weighted by atomic mass is 19.4. The Kier molecular flexibility index (Phi) is 9.27. The topological polar surface area (TPSA) is 9.23 Å². The summed E-state index contributed by atoms with van der Waals surface area (Å²) >= 11 is 0. The molecule has 0 saturated heterocycles. The van der Waals surface area contributed by atoms with Gasteiger partial charge in [-0.15, -0.1) is 0 Å². The Morgan fingerprint density at radius 3 is 2.11 bits per heavy atom. The van der Waals surface area contributed by atoms with Crippen LogP contribution < -0.4 is 0 Å². The number of rotatable bonds is 8. The zero-order chi connectivity index (χ0) is 27.3. The van der Waals surface area contributed by atoms with Gasteiger partial charge in [0.2, 0.25) is 0 Å². The smallest absolute Gasteiger partial charge is 0.317 e. The molecule has 0 amide bonds. The first-order chi connectivity index (χ1) is 18.0. The first kappa shape index (κ1) is 28.7. The third-order valence-electron chi connectivity index (χ3n) is 8.18.